The minimum atomic E-state index is -0.0114. The van der Waals surface area contributed by atoms with Crippen LogP contribution in [0.25, 0.3) is 0 Å². The maximum atomic E-state index is 12.3. The van der Waals surface area contributed by atoms with Gasteiger partial charge in [-0.1, -0.05) is 18.2 Å². The van der Waals surface area contributed by atoms with Crippen LogP contribution in [0.1, 0.15) is 16.7 Å². The molecule has 2 aromatic carbocycles. The normalized spacial score (nSPS) is 10.8. The molecule has 2 rings (SSSR count). The number of rotatable bonds is 7. The van der Waals surface area contributed by atoms with E-state index in [4.69, 9.17) is 4.74 Å². The number of hydrogen-bond donors (Lipinski definition) is 1. The molecule has 0 unspecified atom stereocenters. The Labute approximate surface area is 154 Å². The van der Waals surface area contributed by atoms with Gasteiger partial charge in [0.15, 0.2) is 0 Å². The first kappa shape index (κ1) is 19.3. The van der Waals surface area contributed by atoms with Crippen LogP contribution in [0.3, 0.4) is 0 Å². The highest BCUT2D eigenvalue weighted by molar-refractivity contribution is 7.98. The lowest BCUT2D eigenvalue weighted by Gasteiger charge is -2.18. The number of hydrogen-bond acceptors (Lipinski definition) is 4. The maximum Gasteiger partial charge on any atom is 0.238 e. The van der Waals surface area contributed by atoms with Gasteiger partial charge in [-0.25, -0.2) is 0 Å². The van der Waals surface area contributed by atoms with Gasteiger partial charge in [-0.15, -0.1) is 11.8 Å². The molecular formula is C20H26N2O2S. The molecule has 0 aliphatic heterocycles. The van der Waals surface area contributed by atoms with Crippen molar-refractivity contribution in [3.05, 3.63) is 53.1 Å². The van der Waals surface area contributed by atoms with Crippen LogP contribution in [0.4, 0.5) is 5.69 Å². The lowest BCUT2D eigenvalue weighted by Crippen LogP contribution is -2.29. The molecule has 2 aromatic rings. The highest BCUT2D eigenvalue weighted by Gasteiger charge is 2.10. The number of nitrogens with one attached hydrogen (secondary N) is 1. The highest BCUT2D eigenvalue weighted by atomic mass is 32.2. The van der Waals surface area contributed by atoms with Crippen LogP contribution in [-0.2, 0) is 11.3 Å². The second-order valence-electron chi connectivity index (χ2n) is 6.22. The van der Waals surface area contributed by atoms with Gasteiger partial charge in [0.1, 0.15) is 5.75 Å². The van der Waals surface area contributed by atoms with Gasteiger partial charge in [0.2, 0.25) is 5.91 Å². The fourth-order valence-corrected chi connectivity index (χ4v) is 3.43. The van der Waals surface area contributed by atoms with Gasteiger partial charge in [-0.3, -0.25) is 9.69 Å². The molecule has 0 fully saturated rings. The van der Waals surface area contributed by atoms with Crippen LogP contribution in [0, 0.1) is 13.8 Å². The summed E-state index contributed by atoms with van der Waals surface area (Å²) in [6.07, 6.45) is 2.02. The van der Waals surface area contributed by atoms with Crippen LogP contribution in [0.5, 0.6) is 5.75 Å². The van der Waals surface area contributed by atoms with E-state index in [1.807, 2.05) is 56.3 Å². The number of carbonyl (C=O) groups is 1. The number of methoxy groups -OCH3 is 1. The Morgan fingerprint density at radius 3 is 2.48 bits per heavy atom. The second-order valence-corrected chi connectivity index (χ2v) is 7.09. The van der Waals surface area contributed by atoms with E-state index in [1.165, 1.54) is 5.56 Å². The summed E-state index contributed by atoms with van der Waals surface area (Å²) in [5.41, 5.74) is 4.24. The van der Waals surface area contributed by atoms with Crippen molar-refractivity contribution < 1.29 is 9.53 Å². The van der Waals surface area contributed by atoms with Crippen molar-refractivity contribution in [1.29, 1.82) is 0 Å². The van der Waals surface area contributed by atoms with Gasteiger partial charge in [0, 0.05) is 17.1 Å². The minimum Gasteiger partial charge on any atom is -0.496 e. The smallest absolute Gasteiger partial charge is 0.238 e. The third-order valence-electron chi connectivity index (χ3n) is 3.94. The van der Waals surface area contributed by atoms with Crippen LogP contribution >= 0.6 is 11.8 Å². The molecule has 0 radical (unpaired) electrons. The molecule has 134 valence electrons. The van der Waals surface area contributed by atoms with Crippen LogP contribution in [0.2, 0.25) is 0 Å². The highest BCUT2D eigenvalue weighted by Crippen LogP contribution is 2.25. The minimum absolute atomic E-state index is 0.0114. The summed E-state index contributed by atoms with van der Waals surface area (Å²) in [4.78, 5) is 15.4. The van der Waals surface area contributed by atoms with Gasteiger partial charge in [-0.2, -0.15) is 0 Å². The molecule has 0 aliphatic carbocycles. The molecule has 5 heteroatoms. The van der Waals surface area contributed by atoms with Crippen molar-refractivity contribution in [3.8, 4) is 5.75 Å². The fraction of sp³-hybridized carbons (Fsp3) is 0.350. The van der Waals surface area contributed by atoms with Crippen molar-refractivity contribution >= 4 is 23.4 Å². The molecule has 0 atom stereocenters. The molecular weight excluding hydrogens is 332 g/mol. The maximum absolute atomic E-state index is 12.3. The molecule has 0 heterocycles. The Kier molecular flexibility index (Phi) is 6.91. The Bertz CT molecular complexity index is 723. The van der Waals surface area contributed by atoms with E-state index < -0.39 is 0 Å². The monoisotopic (exact) mass is 358 g/mol. The summed E-state index contributed by atoms with van der Waals surface area (Å²) in [6, 6.07) is 12.1. The number of thioether (sulfide) groups is 1. The third-order valence-corrected chi connectivity index (χ3v) is 4.67. The fourth-order valence-electron chi connectivity index (χ4n) is 2.97. The first-order valence-corrected chi connectivity index (χ1v) is 9.42. The van der Waals surface area contributed by atoms with E-state index in [0.717, 1.165) is 27.5 Å². The number of likely N-dealkylation sites (N-methyl/N-ethyl adjacent to an activating group) is 1. The number of amides is 1. The molecule has 0 bridgehead atoms. The predicted octanol–water partition coefficient (Wildman–Crippen LogP) is 4.10. The van der Waals surface area contributed by atoms with Crippen LogP contribution in [0.15, 0.2) is 41.3 Å². The van der Waals surface area contributed by atoms with Crippen molar-refractivity contribution in [2.45, 2.75) is 25.3 Å². The molecule has 25 heavy (non-hydrogen) atoms. The number of aryl methyl sites for hydroxylation is 2. The van der Waals surface area contributed by atoms with Gasteiger partial charge in [0.25, 0.3) is 0 Å². The molecule has 0 saturated carbocycles. The first-order valence-electron chi connectivity index (χ1n) is 8.19. The molecule has 1 N–H and O–H groups in total. The average Bonchev–Trinajstić information content (AvgIpc) is 2.54. The van der Waals surface area contributed by atoms with E-state index in [0.29, 0.717) is 13.1 Å². The lowest BCUT2D eigenvalue weighted by molar-refractivity contribution is -0.117. The molecule has 0 aromatic heterocycles. The summed E-state index contributed by atoms with van der Waals surface area (Å²) in [6.45, 7) is 5.14. The van der Waals surface area contributed by atoms with Gasteiger partial charge in [-0.05, 0) is 62.0 Å². The van der Waals surface area contributed by atoms with E-state index in [9.17, 15) is 4.79 Å². The Morgan fingerprint density at radius 2 is 1.88 bits per heavy atom. The zero-order valence-corrected chi connectivity index (χ0v) is 16.4. The zero-order chi connectivity index (χ0) is 18.4. The summed E-state index contributed by atoms with van der Waals surface area (Å²) < 4.78 is 5.41. The summed E-state index contributed by atoms with van der Waals surface area (Å²) in [5.74, 6) is 0.917. The van der Waals surface area contributed by atoms with Crippen LogP contribution < -0.4 is 10.1 Å². The van der Waals surface area contributed by atoms with Gasteiger partial charge in [0.05, 0.1) is 13.7 Å². The summed E-state index contributed by atoms with van der Waals surface area (Å²) in [5, 5.41) is 2.96. The quantitative estimate of drug-likeness (QED) is 0.757. The number of nitrogens with zero attached hydrogens (tertiary/aromatic N) is 1. The van der Waals surface area contributed by atoms with E-state index in [1.54, 1.807) is 18.9 Å². The molecule has 0 saturated heterocycles. The largest absolute Gasteiger partial charge is 0.496 e. The van der Waals surface area contributed by atoms with E-state index >= 15 is 0 Å². The first-order chi connectivity index (χ1) is 11.9. The van der Waals surface area contributed by atoms with Crippen molar-refractivity contribution in [3.63, 3.8) is 0 Å². The summed E-state index contributed by atoms with van der Waals surface area (Å²) >= 11 is 1.66. The van der Waals surface area contributed by atoms with Crippen molar-refractivity contribution in [2.75, 3.05) is 32.3 Å². The lowest BCUT2D eigenvalue weighted by atomic mass is 10.1. The zero-order valence-electron chi connectivity index (χ0n) is 15.6. The Morgan fingerprint density at radius 1 is 1.20 bits per heavy atom. The van der Waals surface area contributed by atoms with Gasteiger partial charge < -0.3 is 10.1 Å². The number of benzene rings is 2. The second kappa shape index (κ2) is 8.92. The van der Waals surface area contributed by atoms with Crippen LogP contribution in [-0.4, -0.2) is 37.8 Å². The predicted molar refractivity (Wildman–Crippen MR) is 106 cm³/mol. The molecule has 1 amide bonds. The average molecular weight is 359 g/mol. The molecule has 4 nitrogen and oxygen atoms in total. The number of ether oxygens (including phenoxy) is 1. The van der Waals surface area contributed by atoms with E-state index in [2.05, 4.69) is 17.4 Å². The van der Waals surface area contributed by atoms with Crippen molar-refractivity contribution in [1.82, 2.24) is 4.90 Å². The van der Waals surface area contributed by atoms with E-state index in [-0.39, 0.29) is 5.91 Å². The summed E-state index contributed by atoms with van der Waals surface area (Å²) in [7, 11) is 3.64. The number of anilines is 1. The molecule has 0 spiro atoms. The van der Waals surface area contributed by atoms with Crippen molar-refractivity contribution in [2.24, 2.45) is 0 Å². The third kappa shape index (κ3) is 5.51. The molecule has 0 aliphatic rings. The SMILES string of the molecule is COc1c(C)cc(CN(C)CC(=O)Nc2cccc(SC)c2)cc1C. The van der Waals surface area contributed by atoms with Gasteiger partial charge >= 0.3 is 0 Å². The Hall–Kier alpha value is -1.98. The standard InChI is InChI=1S/C20H26N2O2S/c1-14-9-16(10-15(2)20(14)24-4)12-22(3)13-19(23)21-17-7-6-8-18(11-17)25-5/h6-11H,12-13H2,1-5H3,(H,21,23). The Balaban J connectivity index is 1.95. The topological polar surface area (TPSA) is 41.6 Å². The number of carbonyl (C=O) groups excluding carboxylic acids is 1.